The van der Waals surface area contributed by atoms with Crippen molar-refractivity contribution in [2.24, 2.45) is 5.92 Å². The van der Waals surface area contributed by atoms with Crippen molar-refractivity contribution in [2.75, 3.05) is 19.6 Å². The lowest BCUT2D eigenvalue weighted by atomic mass is 10.1. The van der Waals surface area contributed by atoms with Crippen LogP contribution >= 0.6 is 0 Å². The van der Waals surface area contributed by atoms with Gasteiger partial charge in [-0.25, -0.2) is 4.39 Å². The summed E-state index contributed by atoms with van der Waals surface area (Å²) in [6.07, 6.45) is 2.71. The molecule has 1 atom stereocenters. The number of halogens is 1. The highest BCUT2D eigenvalue weighted by atomic mass is 19.1. The van der Waals surface area contributed by atoms with E-state index in [1.807, 2.05) is 0 Å². The predicted octanol–water partition coefficient (Wildman–Crippen LogP) is 3.13. The number of rotatable bonds is 5. The Morgan fingerprint density at radius 3 is 2.72 bits per heavy atom. The van der Waals surface area contributed by atoms with Crippen LogP contribution in [-0.2, 0) is 0 Å². The van der Waals surface area contributed by atoms with E-state index < -0.39 is 0 Å². The number of benzene rings is 1. The van der Waals surface area contributed by atoms with Gasteiger partial charge in [0.1, 0.15) is 5.82 Å². The van der Waals surface area contributed by atoms with Gasteiger partial charge in [-0.15, -0.1) is 0 Å². The van der Waals surface area contributed by atoms with E-state index in [0.717, 1.165) is 32.0 Å². The molecule has 3 heteroatoms. The van der Waals surface area contributed by atoms with E-state index in [-0.39, 0.29) is 11.6 Å². The molecule has 0 aromatic heterocycles. The first-order chi connectivity index (χ1) is 8.65. The molecule has 1 unspecified atom stereocenters. The van der Waals surface area contributed by atoms with Gasteiger partial charge in [-0.2, -0.15) is 0 Å². The average molecular weight is 249 g/mol. The smallest absolute Gasteiger partial charge is 0.162 e. The van der Waals surface area contributed by atoms with Crippen molar-refractivity contribution in [3.63, 3.8) is 0 Å². The molecule has 1 aliphatic rings. The number of carbonyl (C=O) groups excluding carboxylic acids is 1. The van der Waals surface area contributed by atoms with Gasteiger partial charge < -0.3 is 4.90 Å². The summed E-state index contributed by atoms with van der Waals surface area (Å²) in [5.41, 5.74) is 0.617. The lowest BCUT2D eigenvalue weighted by Crippen LogP contribution is -2.22. The molecule has 0 aliphatic carbocycles. The van der Waals surface area contributed by atoms with Crippen molar-refractivity contribution >= 4 is 5.78 Å². The lowest BCUT2D eigenvalue weighted by Gasteiger charge is -2.14. The zero-order valence-corrected chi connectivity index (χ0v) is 10.9. The maximum Gasteiger partial charge on any atom is 0.162 e. The summed E-state index contributed by atoms with van der Waals surface area (Å²) in [7, 11) is 0. The molecule has 1 heterocycles. The predicted molar refractivity (Wildman–Crippen MR) is 70.2 cm³/mol. The van der Waals surface area contributed by atoms with Crippen LogP contribution in [0.4, 0.5) is 4.39 Å². The van der Waals surface area contributed by atoms with E-state index in [2.05, 4.69) is 11.8 Å². The number of carbonyl (C=O) groups is 1. The number of hydrogen-bond acceptors (Lipinski definition) is 2. The van der Waals surface area contributed by atoms with Crippen molar-refractivity contribution in [3.8, 4) is 0 Å². The summed E-state index contributed by atoms with van der Waals surface area (Å²) >= 11 is 0. The van der Waals surface area contributed by atoms with Crippen molar-refractivity contribution < 1.29 is 9.18 Å². The van der Waals surface area contributed by atoms with E-state index in [1.165, 1.54) is 18.6 Å². The minimum atomic E-state index is -0.294. The van der Waals surface area contributed by atoms with E-state index >= 15 is 0 Å². The molecule has 0 N–H and O–H groups in total. The molecule has 1 aromatic carbocycles. The largest absolute Gasteiger partial charge is 0.303 e. The van der Waals surface area contributed by atoms with Gasteiger partial charge in [0.25, 0.3) is 0 Å². The minimum absolute atomic E-state index is 0.113. The van der Waals surface area contributed by atoms with Crippen LogP contribution in [0.5, 0.6) is 0 Å². The second-order valence-electron chi connectivity index (χ2n) is 5.23. The molecule has 1 aliphatic heterocycles. The summed E-state index contributed by atoms with van der Waals surface area (Å²) in [5, 5.41) is 0. The third-order valence-electron chi connectivity index (χ3n) is 3.55. The van der Waals surface area contributed by atoms with Crippen LogP contribution in [0.2, 0.25) is 0 Å². The second kappa shape index (κ2) is 6.10. The fraction of sp³-hybridized carbons (Fsp3) is 0.533. The van der Waals surface area contributed by atoms with Crippen LogP contribution in [0.1, 0.15) is 36.5 Å². The van der Waals surface area contributed by atoms with Crippen LogP contribution in [0, 0.1) is 11.7 Å². The van der Waals surface area contributed by atoms with Crippen LogP contribution < -0.4 is 0 Å². The quantitative estimate of drug-likeness (QED) is 0.747. The fourth-order valence-corrected chi connectivity index (χ4v) is 2.47. The van der Waals surface area contributed by atoms with E-state index in [1.54, 1.807) is 12.1 Å². The second-order valence-corrected chi connectivity index (χ2v) is 5.23. The zero-order valence-electron chi connectivity index (χ0n) is 10.9. The first kappa shape index (κ1) is 13.2. The van der Waals surface area contributed by atoms with Crippen LogP contribution in [-0.4, -0.2) is 30.3 Å². The van der Waals surface area contributed by atoms with Crippen molar-refractivity contribution in [1.29, 1.82) is 0 Å². The highest BCUT2D eigenvalue weighted by Crippen LogP contribution is 2.16. The molecule has 1 saturated heterocycles. The Hall–Kier alpha value is -1.22. The van der Waals surface area contributed by atoms with Gasteiger partial charge in [0.15, 0.2) is 5.78 Å². The van der Waals surface area contributed by atoms with E-state index in [4.69, 9.17) is 0 Å². The SMILES string of the molecule is CC1CCN(CCCC(=O)c2ccc(F)cc2)C1. The van der Waals surface area contributed by atoms with Crippen molar-refractivity contribution in [1.82, 2.24) is 4.90 Å². The summed E-state index contributed by atoms with van der Waals surface area (Å²) in [6, 6.07) is 5.82. The first-order valence-electron chi connectivity index (χ1n) is 6.66. The minimum Gasteiger partial charge on any atom is -0.303 e. The highest BCUT2D eigenvalue weighted by molar-refractivity contribution is 5.95. The van der Waals surface area contributed by atoms with Gasteiger partial charge in [-0.05, 0) is 56.1 Å². The van der Waals surface area contributed by atoms with Gasteiger partial charge in [0.2, 0.25) is 0 Å². The molecule has 0 amide bonds. The Morgan fingerprint density at radius 1 is 1.39 bits per heavy atom. The molecule has 1 aromatic rings. The standard InChI is InChI=1S/C15H20FNO/c1-12-8-10-17(11-12)9-2-3-15(18)13-4-6-14(16)7-5-13/h4-7,12H,2-3,8-11H2,1H3. The third-order valence-corrected chi connectivity index (χ3v) is 3.55. The molecule has 2 nitrogen and oxygen atoms in total. The molecule has 2 rings (SSSR count). The molecule has 0 spiro atoms. The molecule has 0 saturated carbocycles. The maximum atomic E-state index is 12.7. The number of ketones is 1. The van der Waals surface area contributed by atoms with Crippen LogP contribution in [0.15, 0.2) is 24.3 Å². The normalized spacial score (nSPS) is 20.2. The monoisotopic (exact) mass is 249 g/mol. The summed E-state index contributed by atoms with van der Waals surface area (Å²) in [5.74, 6) is 0.609. The van der Waals surface area contributed by atoms with Gasteiger partial charge in [0.05, 0.1) is 0 Å². The molecule has 18 heavy (non-hydrogen) atoms. The van der Waals surface area contributed by atoms with Crippen LogP contribution in [0.25, 0.3) is 0 Å². The van der Waals surface area contributed by atoms with Gasteiger partial charge in [0, 0.05) is 18.5 Å². The summed E-state index contributed by atoms with van der Waals surface area (Å²) in [6.45, 7) is 5.58. The Morgan fingerprint density at radius 2 is 2.11 bits per heavy atom. The molecule has 1 fully saturated rings. The average Bonchev–Trinajstić information content (AvgIpc) is 2.76. The molecule has 0 radical (unpaired) electrons. The number of nitrogens with zero attached hydrogens (tertiary/aromatic N) is 1. The first-order valence-corrected chi connectivity index (χ1v) is 6.66. The van der Waals surface area contributed by atoms with Crippen molar-refractivity contribution in [3.05, 3.63) is 35.6 Å². The van der Waals surface area contributed by atoms with Gasteiger partial charge in [-0.1, -0.05) is 6.92 Å². The Labute approximate surface area is 108 Å². The lowest BCUT2D eigenvalue weighted by molar-refractivity contribution is 0.0976. The highest BCUT2D eigenvalue weighted by Gasteiger charge is 2.18. The Balaban J connectivity index is 1.73. The third kappa shape index (κ3) is 3.64. The maximum absolute atomic E-state index is 12.7. The molecular weight excluding hydrogens is 229 g/mol. The Bertz CT molecular complexity index is 401. The Kier molecular flexibility index (Phi) is 4.48. The number of Topliss-reactive ketones (excluding diaryl/α,β-unsaturated/α-hetero) is 1. The van der Waals surface area contributed by atoms with Crippen molar-refractivity contribution in [2.45, 2.75) is 26.2 Å². The number of hydrogen-bond donors (Lipinski definition) is 0. The van der Waals surface area contributed by atoms with Crippen LogP contribution in [0.3, 0.4) is 0 Å². The van der Waals surface area contributed by atoms with Gasteiger partial charge >= 0.3 is 0 Å². The molecule has 0 bridgehead atoms. The number of likely N-dealkylation sites (tertiary alicyclic amines) is 1. The molecule has 98 valence electrons. The van der Waals surface area contributed by atoms with E-state index in [9.17, 15) is 9.18 Å². The molecular formula is C15H20FNO. The zero-order chi connectivity index (χ0) is 13.0. The fourth-order valence-electron chi connectivity index (χ4n) is 2.47. The summed E-state index contributed by atoms with van der Waals surface area (Å²) < 4.78 is 12.7. The van der Waals surface area contributed by atoms with Gasteiger partial charge in [-0.3, -0.25) is 4.79 Å². The van der Waals surface area contributed by atoms with E-state index in [0.29, 0.717) is 12.0 Å². The summed E-state index contributed by atoms with van der Waals surface area (Å²) in [4.78, 5) is 14.3. The topological polar surface area (TPSA) is 20.3 Å².